The number of aryl methyl sites for hydroxylation is 1. The Bertz CT molecular complexity index is 582. The quantitative estimate of drug-likeness (QED) is 0.448. The van der Waals surface area contributed by atoms with Crippen molar-refractivity contribution >= 4 is 6.03 Å². The molecule has 1 atom stereocenters. The molecular weight excluding hydrogens is 365 g/mol. The van der Waals surface area contributed by atoms with Crippen molar-refractivity contribution in [1.29, 1.82) is 0 Å². The van der Waals surface area contributed by atoms with E-state index in [-0.39, 0.29) is 30.0 Å². The summed E-state index contributed by atoms with van der Waals surface area (Å²) in [4.78, 5) is 14.2. The second-order valence-electron chi connectivity index (χ2n) is 5.11. The monoisotopic (exact) mass is 383 g/mol. The van der Waals surface area contributed by atoms with Crippen LogP contribution in [0.3, 0.4) is 0 Å². The molecule has 1 aliphatic rings. The Morgan fingerprint density at radius 1 is 1.30 bits per heavy atom. The highest BCUT2D eigenvalue weighted by atomic mass is 127. The Kier molecular flexibility index (Phi) is 4.80. The van der Waals surface area contributed by atoms with Gasteiger partial charge in [0.25, 0.3) is 6.33 Å². The summed E-state index contributed by atoms with van der Waals surface area (Å²) in [6.45, 7) is 1.64. The molecule has 0 bridgehead atoms. The maximum atomic E-state index is 12.3. The van der Waals surface area contributed by atoms with Gasteiger partial charge in [-0.2, -0.15) is 4.57 Å². The average Bonchev–Trinajstić information content (AvgIpc) is 3.08. The molecule has 1 aromatic carbocycles. The third-order valence-electron chi connectivity index (χ3n) is 3.72. The maximum Gasteiger partial charge on any atom is 0.415 e. The molecule has 106 valence electrons. The van der Waals surface area contributed by atoms with Crippen LogP contribution in [-0.2, 0) is 7.05 Å². The molecule has 1 aliphatic heterocycles. The summed E-state index contributed by atoms with van der Waals surface area (Å²) < 4.78 is 3.52. The highest BCUT2D eigenvalue weighted by Gasteiger charge is 2.30. The lowest BCUT2D eigenvalue weighted by Gasteiger charge is -2.13. The standard InChI is InChI=1S/C15H18N3O.HI/c1-16-9-10-18(12-16)15(19)17-8-7-14(11-17)13-5-3-2-4-6-13;/h2-6,9-10,12,14H,7-8,11H2,1H3;1H/q+1;/p-1. The molecule has 1 amide bonds. The summed E-state index contributed by atoms with van der Waals surface area (Å²) in [6.07, 6.45) is 6.53. The number of carbonyl (C=O) groups excluding carboxylic acids is 1. The molecule has 2 heterocycles. The number of amides is 1. The van der Waals surface area contributed by atoms with E-state index in [2.05, 4.69) is 24.3 Å². The smallest absolute Gasteiger partial charge is 0.415 e. The Morgan fingerprint density at radius 2 is 2.05 bits per heavy atom. The van der Waals surface area contributed by atoms with Gasteiger partial charge in [0.2, 0.25) is 0 Å². The minimum atomic E-state index is 0. The molecular formula is C15H18IN3O. The fraction of sp³-hybridized carbons (Fsp3) is 0.333. The van der Waals surface area contributed by atoms with E-state index >= 15 is 0 Å². The lowest BCUT2D eigenvalue weighted by atomic mass is 9.99. The molecule has 1 unspecified atom stereocenters. The number of nitrogens with zero attached hydrogens (tertiary/aromatic N) is 3. The van der Waals surface area contributed by atoms with Crippen LogP contribution in [-0.4, -0.2) is 28.6 Å². The van der Waals surface area contributed by atoms with E-state index < -0.39 is 0 Å². The molecule has 4 nitrogen and oxygen atoms in total. The topological polar surface area (TPSA) is 29.1 Å². The molecule has 3 rings (SSSR count). The Balaban J connectivity index is 0.00000147. The van der Waals surface area contributed by atoms with Crippen LogP contribution in [0, 0.1) is 0 Å². The molecule has 20 heavy (non-hydrogen) atoms. The van der Waals surface area contributed by atoms with Crippen LogP contribution in [0.25, 0.3) is 0 Å². The number of aromatic nitrogens is 2. The number of hydrogen-bond donors (Lipinski definition) is 0. The van der Waals surface area contributed by atoms with Crippen LogP contribution in [0.1, 0.15) is 17.9 Å². The number of imidazole rings is 1. The zero-order valence-corrected chi connectivity index (χ0v) is 13.6. The molecule has 0 N–H and O–H groups in total. The fourth-order valence-electron chi connectivity index (χ4n) is 2.66. The Hall–Kier alpha value is -1.37. The SMILES string of the molecule is C[n+]1ccn(C(=O)N2CCC(c3ccccc3)C2)c1.[I-]. The van der Waals surface area contributed by atoms with Crippen LogP contribution in [0.5, 0.6) is 0 Å². The molecule has 1 aromatic heterocycles. The van der Waals surface area contributed by atoms with Crippen molar-refractivity contribution in [2.75, 3.05) is 13.1 Å². The fourth-order valence-corrected chi connectivity index (χ4v) is 2.66. The summed E-state index contributed by atoms with van der Waals surface area (Å²) in [5, 5.41) is 0. The lowest BCUT2D eigenvalue weighted by Crippen LogP contribution is -3.00. The van der Waals surface area contributed by atoms with Gasteiger partial charge in [-0.15, -0.1) is 0 Å². The van der Waals surface area contributed by atoms with Gasteiger partial charge in [0.1, 0.15) is 12.4 Å². The van der Waals surface area contributed by atoms with Crippen molar-refractivity contribution in [2.45, 2.75) is 12.3 Å². The van der Waals surface area contributed by atoms with Crippen molar-refractivity contribution in [3.05, 3.63) is 54.6 Å². The minimum absolute atomic E-state index is 0. The second-order valence-corrected chi connectivity index (χ2v) is 5.11. The van der Waals surface area contributed by atoms with Crippen LogP contribution in [0.4, 0.5) is 4.79 Å². The van der Waals surface area contributed by atoms with Crippen LogP contribution in [0.2, 0.25) is 0 Å². The highest BCUT2D eigenvalue weighted by Crippen LogP contribution is 2.27. The van der Waals surface area contributed by atoms with Gasteiger partial charge in [0, 0.05) is 19.0 Å². The van der Waals surface area contributed by atoms with Gasteiger partial charge in [-0.3, -0.25) is 0 Å². The minimum Gasteiger partial charge on any atom is -1.00 e. The third kappa shape index (κ3) is 3.03. The van der Waals surface area contributed by atoms with Gasteiger partial charge in [-0.1, -0.05) is 30.3 Å². The van der Waals surface area contributed by atoms with E-state index in [0.717, 1.165) is 19.5 Å². The molecule has 2 aromatic rings. The average molecular weight is 383 g/mol. The lowest BCUT2D eigenvalue weighted by molar-refractivity contribution is -0.670. The summed E-state index contributed by atoms with van der Waals surface area (Å²) in [7, 11) is 1.92. The van der Waals surface area contributed by atoms with E-state index in [4.69, 9.17) is 0 Å². The van der Waals surface area contributed by atoms with Crippen LogP contribution in [0.15, 0.2) is 49.1 Å². The van der Waals surface area contributed by atoms with E-state index in [0.29, 0.717) is 5.92 Å². The number of benzene rings is 1. The normalized spacial score (nSPS) is 17.9. The summed E-state index contributed by atoms with van der Waals surface area (Å²) in [6, 6.07) is 10.5. The first-order chi connectivity index (χ1) is 9.24. The molecule has 5 heteroatoms. The summed E-state index contributed by atoms with van der Waals surface area (Å²) in [5.41, 5.74) is 1.33. The van der Waals surface area contributed by atoms with Gasteiger partial charge in [0.05, 0.1) is 7.05 Å². The number of likely N-dealkylation sites (tertiary alicyclic amines) is 1. The van der Waals surface area contributed by atoms with Crippen molar-refractivity contribution in [1.82, 2.24) is 9.47 Å². The molecule has 1 fully saturated rings. The van der Waals surface area contributed by atoms with Crippen LogP contribution < -0.4 is 28.5 Å². The van der Waals surface area contributed by atoms with Gasteiger partial charge in [-0.25, -0.2) is 9.36 Å². The highest BCUT2D eigenvalue weighted by molar-refractivity contribution is 5.76. The predicted molar refractivity (Wildman–Crippen MR) is 71.8 cm³/mol. The van der Waals surface area contributed by atoms with Crippen molar-refractivity contribution in [3.63, 3.8) is 0 Å². The summed E-state index contributed by atoms with van der Waals surface area (Å²) in [5.74, 6) is 0.467. The number of carbonyl (C=O) groups is 1. The van der Waals surface area contributed by atoms with E-state index in [1.807, 2.05) is 28.8 Å². The van der Waals surface area contributed by atoms with Crippen molar-refractivity contribution < 1.29 is 33.3 Å². The molecule has 0 radical (unpaired) electrons. The van der Waals surface area contributed by atoms with Gasteiger partial charge in [-0.05, 0) is 12.0 Å². The largest absolute Gasteiger partial charge is 1.00 e. The molecule has 0 spiro atoms. The van der Waals surface area contributed by atoms with Gasteiger partial charge < -0.3 is 28.9 Å². The Morgan fingerprint density at radius 3 is 2.70 bits per heavy atom. The van der Waals surface area contributed by atoms with E-state index in [1.165, 1.54) is 5.56 Å². The first kappa shape index (κ1) is 15.0. The third-order valence-corrected chi connectivity index (χ3v) is 3.72. The first-order valence-electron chi connectivity index (χ1n) is 6.61. The molecule has 0 aliphatic carbocycles. The first-order valence-corrected chi connectivity index (χ1v) is 6.61. The van der Waals surface area contributed by atoms with E-state index in [1.54, 1.807) is 17.1 Å². The summed E-state index contributed by atoms with van der Waals surface area (Å²) >= 11 is 0. The zero-order valence-electron chi connectivity index (χ0n) is 11.4. The molecule has 0 saturated carbocycles. The zero-order chi connectivity index (χ0) is 13.2. The number of halogens is 1. The van der Waals surface area contributed by atoms with Gasteiger partial charge >= 0.3 is 6.03 Å². The molecule has 1 saturated heterocycles. The number of rotatable bonds is 1. The maximum absolute atomic E-state index is 12.3. The van der Waals surface area contributed by atoms with Crippen LogP contribution >= 0.6 is 0 Å². The predicted octanol–water partition coefficient (Wildman–Crippen LogP) is -1.23. The van der Waals surface area contributed by atoms with E-state index in [9.17, 15) is 4.79 Å². The number of hydrogen-bond acceptors (Lipinski definition) is 1. The second kappa shape index (κ2) is 6.39. The van der Waals surface area contributed by atoms with Crippen molar-refractivity contribution in [3.8, 4) is 0 Å². The Labute approximate surface area is 136 Å². The van der Waals surface area contributed by atoms with Crippen molar-refractivity contribution in [2.24, 2.45) is 7.05 Å². The van der Waals surface area contributed by atoms with Gasteiger partial charge in [0.15, 0.2) is 0 Å².